The van der Waals surface area contributed by atoms with Gasteiger partial charge in [-0.3, -0.25) is 0 Å². The van der Waals surface area contributed by atoms with Gasteiger partial charge < -0.3 is 5.32 Å². The van der Waals surface area contributed by atoms with Gasteiger partial charge in [0.1, 0.15) is 0 Å². The zero-order valence-corrected chi connectivity index (χ0v) is 17.7. The van der Waals surface area contributed by atoms with Crippen LogP contribution in [0.25, 0.3) is 0 Å². The highest BCUT2D eigenvalue weighted by atomic mass is 79.9. The fourth-order valence-corrected chi connectivity index (χ4v) is 5.26. The van der Waals surface area contributed by atoms with Gasteiger partial charge in [-0.2, -0.15) is 0 Å². The van der Waals surface area contributed by atoms with Gasteiger partial charge in [-0.25, -0.2) is 4.31 Å². The summed E-state index contributed by atoms with van der Waals surface area (Å²) in [5.41, 5.74) is 4.11. The van der Waals surface area contributed by atoms with Crippen molar-refractivity contribution in [1.29, 1.82) is 0 Å². The predicted octanol–water partition coefficient (Wildman–Crippen LogP) is 6.62. The smallest absolute Gasteiger partial charge is 0.0553 e. The molecule has 4 heteroatoms. The summed E-state index contributed by atoms with van der Waals surface area (Å²) >= 11 is 5.42. The Labute approximate surface area is 169 Å². The molecule has 0 amide bonds. The molecule has 0 fully saturated rings. The zero-order valence-electron chi connectivity index (χ0n) is 15.3. The maximum absolute atomic E-state index is 3.83. The lowest BCUT2D eigenvalue weighted by Gasteiger charge is -2.38. The van der Waals surface area contributed by atoms with Crippen LogP contribution in [0.3, 0.4) is 0 Å². The summed E-state index contributed by atoms with van der Waals surface area (Å²) in [6.07, 6.45) is 5.93. The molecule has 2 nitrogen and oxygen atoms in total. The van der Waals surface area contributed by atoms with Crippen LogP contribution in [0.4, 0.5) is 5.69 Å². The molecular weight excluding hydrogens is 404 g/mol. The summed E-state index contributed by atoms with van der Waals surface area (Å²) in [4.78, 5) is 1.34. The molecule has 1 N–H and O–H groups in total. The lowest BCUT2D eigenvalue weighted by molar-refractivity contribution is 0.425. The number of nitrogens with zero attached hydrogens (tertiary/aromatic N) is 1. The van der Waals surface area contributed by atoms with Crippen LogP contribution in [0.5, 0.6) is 0 Å². The largest absolute Gasteiger partial charge is 0.378 e. The standard InChI is InChI=1S/C22H25BrN2S/c1-3-25(4-2)26-17-12-13-21-20(14-17)18-6-5-7-19(18)22(24-21)15-8-10-16(23)11-9-15/h5-6,8-14,18-19,22,24H,3-4,7H2,1-2H3. The Morgan fingerprint density at radius 2 is 1.88 bits per heavy atom. The van der Waals surface area contributed by atoms with E-state index >= 15 is 0 Å². The number of halogens is 1. The topological polar surface area (TPSA) is 15.3 Å². The molecule has 0 aromatic heterocycles. The first-order chi connectivity index (χ1) is 12.7. The molecule has 4 rings (SSSR count). The maximum Gasteiger partial charge on any atom is 0.0553 e. The van der Waals surface area contributed by atoms with Crippen molar-refractivity contribution in [1.82, 2.24) is 4.31 Å². The Morgan fingerprint density at radius 3 is 2.62 bits per heavy atom. The van der Waals surface area contributed by atoms with E-state index in [-0.39, 0.29) is 0 Å². The second-order valence-corrected chi connectivity index (χ2v) is 9.07. The molecule has 1 aliphatic carbocycles. The van der Waals surface area contributed by atoms with Gasteiger partial charge in [-0.15, -0.1) is 0 Å². The van der Waals surface area contributed by atoms with Crippen LogP contribution in [0.2, 0.25) is 0 Å². The summed E-state index contributed by atoms with van der Waals surface area (Å²) in [6.45, 7) is 6.56. The summed E-state index contributed by atoms with van der Waals surface area (Å²) in [5, 5.41) is 3.83. The van der Waals surface area contributed by atoms with E-state index in [0.717, 1.165) is 24.0 Å². The van der Waals surface area contributed by atoms with Gasteiger partial charge in [-0.1, -0.05) is 54.1 Å². The first-order valence-corrected chi connectivity index (χ1v) is 11.0. The van der Waals surface area contributed by atoms with E-state index in [0.29, 0.717) is 17.9 Å². The molecular formula is C22H25BrN2S. The molecule has 0 bridgehead atoms. The third-order valence-electron chi connectivity index (χ3n) is 5.50. The SMILES string of the molecule is CCN(CC)Sc1ccc2c(c1)C1C=CCC1C(c1ccc(Br)cc1)N2. The van der Waals surface area contributed by atoms with Crippen LogP contribution in [0.15, 0.2) is 64.0 Å². The van der Waals surface area contributed by atoms with Gasteiger partial charge in [0.25, 0.3) is 0 Å². The molecule has 2 aromatic rings. The van der Waals surface area contributed by atoms with E-state index in [1.165, 1.54) is 21.7 Å². The summed E-state index contributed by atoms with van der Waals surface area (Å²) in [6, 6.07) is 16.1. The molecule has 2 aliphatic rings. The van der Waals surface area contributed by atoms with Crippen LogP contribution in [-0.4, -0.2) is 17.4 Å². The molecule has 0 radical (unpaired) electrons. The molecule has 3 atom stereocenters. The predicted molar refractivity (Wildman–Crippen MR) is 116 cm³/mol. The van der Waals surface area contributed by atoms with Gasteiger partial charge in [0.05, 0.1) is 6.04 Å². The quantitative estimate of drug-likeness (QED) is 0.425. The van der Waals surface area contributed by atoms with E-state index in [2.05, 4.69) is 94.0 Å². The molecule has 0 saturated heterocycles. The Kier molecular flexibility index (Phi) is 5.44. The summed E-state index contributed by atoms with van der Waals surface area (Å²) in [7, 11) is 0. The van der Waals surface area contributed by atoms with Crippen molar-refractivity contribution in [3.63, 3.8) is 0 Å². The number of hydrogen-bond donors (Lipinski definition) is 1. The van der Waals surface area contributed by atoms with Gasteiger partial charge in [0, 0.05) is 34.1 Å². The minimum atomic E-state index is 0.372. The molecule has 1 aliphatic heterocycles. The number of anilines is 1. The Balaban J connectivity index is 1.65. The van der Waals surface area contributed by atoms with Gasteiger partial charge in [-0.05, 0) is 65.7 Å². The van der Waals surface area contributed by atoms with E-state index in [1.807, 2.05) is 11.9 Å². The Hall–Kier alpha value is -1.23. The van der Waals surface area contributed by atoms with Crippen LogP contribution in [0.1, 0.15) is 43.4 Å². The molecule has 26 heavy (non-hydrogen) atoms. The number of allylic oxidation sites excluding steroid dienone is 2. The van der Waals surface area contributed by atoms with Gasteiger partial charge in [0.2, 0.25) is 0 Å². The average molecular weight is 429 g/mol. The number of hydrogen-bond acceptors (Lipinski definition) is 3. The normalized spacial score (nSPS) is 23.6. The monoisotopic (exact) mass is 428 g/mol. The van der Waals surface area contributed by atoms with Crippen LogP contribution < -0.4 is 5.32 Å². The lowest BCUT2D eigenvalue weighted by Crippen LogP contribution is -2.29. The third kappa shape index (κ3) is 3.47. The first kappa shape index (κ1) is 18.1. The highest BCUT2D eigenvalue weighted by Gasteiger charge is 2.37. The number of nitrogens with one attached hydrogen (secondary N) is 1. The molecule has 136 valence electrons. The van der Waals surface area contributed by atoms with E-state index < -0.39 is 0 Å². The van der Waals surface area contributed by atoms with Crippen LogP contribution >= 0.6 is 27.9 Å². The lowest BCUT2D eigenvalue weighted by atomic mass is 9.77. The number of fused-ring (bicyclic) bond motifs is 3. The van der Waals surface area contributed by atoms with Crippen molar-refractivity contribution >= 4 is 33.6 Å². The third-order valence-corrected chi connectivity index (χ3v) is 7.27. The van der Waals surface area contributed by atoms with E-state index in [4.69, 9.17) is 0 Å². The van der Waals surface area contributed by atoms with Crippen LogP contribution in [-0.2, 0) is 0 Å². The fraction of sp³-hybridized carbons (Fsp3) is 0.364. The van der Waals surface area contributed by atoms with Crippen molar-refractivity contribution in [2.75, 3.05) is 18.4 Å². The molecule has 0 spiro atoms. The van der Waals surface area contributed by atoms with E-state index in [9.17, 15) is 0 Å². The molecule has 3 unspecified atom stereocenters. The second kappa shape index (κ2) is 7.79. The Bertz CT molecular complexity index is 798. The minimum absolute atomic E-state index is 0.372. The maximum atomic E-state index is 3.83. The van der Waals surface area contributed by atoms with Crippen LogP contribution in [0, 0.1) is 5.92 Å². The highest BCUT2D eigenvalue weighted by molar-refractivity contribution is 9.10. The van der Waals surface area contributed by atoms with Gasteiger partial charge >= 0.3 is 0 Å². The van der Waals surface area contributed by atoms with E-state index in [1.54, 1.807) is 0 Å². The zero-order chi connectivity index (χ0) is 18.1. The number of rotatable bonds is 5. The summed E-state index contributed by atoms with van der Waals surface area (Å²) in [5.74, 6) is 1.11. The first-order valence-electron chi connectivity index (χ1n) is 9.45. The fourth-order valence-electron chi connectivity index (χ4n) is 4.13. The van der Waals surface area contributed by atoms with Crippen molar-refractivity contribution in [2.45, 2.75) is 37.1 Å². The van der Waals surface area contributed by atoms with Gasteiger partial charge in [0.15, 0.2) is 0 Å². The summed E-state index contributed by atoms with van der Waals surface area (Å²) < 4.78 is 3.53. The minimum Gasteiger partial charge on any atom is -0.378 e. The van der Waals surface area contributed by atoms with Crippen molar-refractivity contribution in [3.05, 3.63) is 70.2 Å². The molecule has 0 saturated carbocycles. The second-order valence-electron chi connectivity index (χ2n) is 6.98. The number of benzene rings is 2. The Morgan fingerprint density at radius 1 is 1.12 bits per heavy atom. The van der Waals surface area contributed by atoms with Crippen molar-refractivity contribution in [3.8, 4) is 0 Å². The highest BCUT2D eigenvalue weighted by Crippen LogP contribution is 2.50. The molecule has 1 heterocycles. The van der Waals surface area contributed by atoms with Crippen molar-refractivity contribution < 1.29 is 0 Å². The van der Waals surface area contributed by atoms with Crippen molar-refractivity contribution in [2.24, 2.45) is 5.92 Å². The average Bonchev–Trinajstić information content (AvgIpc) is 3.16. The molecule has 2 aromatic carbocycles.